The Bertz CT molecular complexity index is 569. The maximum atomic E-state index is 2.44. The summed E-state index contributed by atoms with van der Waals surface area (Å²) in [5.74, 6) is 1.47. The van der Waals surface area contributed by atoms with E-state index in [9.17, 15) is 0 Å². The lowest BCUT2D eigenvalue weighted by atomic mass is 10.1. The molecule has 0 aliphatic carbocycles. The third kappa shape index (κ3) is 5.81. The highest BCUT2D eigenvalue weighted by Gasteiger charge is 2.19. The van der Waals surface area contributed by atoms with Crippen molar-refractivity contribution in [2.75, 3.05) is 0 Å². The summed E-state index contributed by atoms with van der Waals surface area (Å²) in [6.45, 7) is 7.82. The average Bonchev–Trinajstić information content (AvgIpc) is 2.98. The summed E-state index contributed by atoms with van der Waals surface area (Å²) in [5, 5.41) is 0. The van der Waals surface area contributed by atoms with Gasteiger partial charge < -0.3 is 0 Å². The van der Waals surface area contributed by atoms with Gasteiger partial charge in [0.25, 0.3) is 5.82 Å². The van der Waals surface area contributed by atoms with Gasteiger partial charge in [-0.15, -0.1) is 0 Å². The minimum atomic E-state index is 0.529. The van der Waals surface area contributed by atoms with Gasteiger partial charge in [-0.2, -0.15) is 0 Å². The smallest absolute Gasteiger partial charge is 0.232 e. The number of nitrogens with zero attached hydrogens (tertiary/aromatic N) is 2. The normalized spacial score (nSPS) is 11.3. The number of aromatic nitrogens is 2. The molecule has 0 aliphatic heterocycles. The van der Waals surface area contributed by atoms with Crippen molar-refractivity contribution < 1.29 is 4.57 Å². The molecule has 0 atom stereocenters. The van der Waals surface area contributed by atoms with Crippen LogP contribution in [0.5, 0.6) is 0 Å². The van der Waals surface area contributed by atoms with Crippen LogP contribution in [-0.2, 0) is 13.0 Å². The first kappa shape index (κ1) is 18.8. The molecule has 2 heteroatoms. The summed E-state index contributed by atoms with van der Waals surface area (Å²) in [6, 6.07) is 11.3. The van der Waals surface area contributed by atoms with Gasteiger partial charge in [0, 0.05) is 6.42 Å². The standard InChI is InChI=1S/C22H35N2/c1-4-5-6-7-8-9-13-16-22-23(17-18-24(22)20(2)3)19-21-14-11-10-12-15-21/h10-12,14-15,17-18,20H,4-9,13,16,19H2,1-3H3/q+1. The van der Waals surface area contributed by atoms with Gasteiger partial charge in [-0.1, -0.05) is 75.8 Å². The van der Waals surface area contributed by atoms with Crippen LogP contribution in [0.3, 0.4) is 0 Å². The topological polar surface area (TPSA) is 8.81 Å². The molecule has 132 valence electrons. The third-order valence-corrected chi connectivity index (χ3v) is 4.79. The van der Waals surface area contributed by atoms with Gasteiger partial charge >= 0.3 is 0 Å². The van der Waals surface area contributed by atoms with Gasteiger partial charge in [-0.25, -0.2) is 9.13 Å². The van der Waals surface area contributed by atoms with Crippen molar-refractivity contribution in [2.45, 2.75) is 84.7 Å². The van der Waals surface area contributed by atoms with Crippen LogP contribution in [0.2, 0.25) is 0 Å². The molecule has 1 aromatic carbocycles. The Kier molecular flexibility index (Phi) is 8.07. The van der Waals surface area contributed by atoms with Crippen LogP contribution in [0.25, 0.3) is 0 Å². The van der Waals surface area contributed by atoms with E-state index in [0.29, 0.717) is 6.04 Å². The molecule has 1 aromatic heterocycles. The van der Waals surface area contributed by atoms with Crippen molar-refractivity contribution in [3.8, 4) is 0 Å². The monoisotopic (exact) mass is 327 g/mol. The number of benzene rings is 1. The second-order valence-corrected chi connectivity index (χ2v) is 7.20. The number of rotatable bonds is 11. The van der Waals surface area contributed by atoms with Crippen LogP contribution in [-0.4, -0.2) is 4.57 Å². The Hall–Kier alpha value is -1.57. The predicted molar refractivity (Wildman–Crippen MR) is 102 cm³/mol. The predicted octanol–water partition coefficient (Wildman–Crippen LogP) is 5.70. The first-order chi connectivity index (χ1) is 11.7. The molecule has 2 rings (SSSR count). The molecule has 0 radical (unpaired) electrons. The lowest BCUT2D eigenvalue weighted by Crippen LogP contribution is -2.39. The van der Waals surface area contributed by atoms with Crippen molar-refractivity contribution >= 4 is 0 Å². The Morgan fingerprint density at radius 2 is 1.58 bits per heavy atom. The van der Waals surface area contributed by atoms with Crippen molar-refractivity contribution in [2.24, 2.45) is 0 Å². The highest BCUT2D eigenvalue weighted by Crippen LogP contribution is 2.12. The minimum absolute atomic E-state index is 0.529. The van der Waals surface area contributed by atoms with Crippen molar-refractivity contribution in [3.05, 3.63) is 54.1 Å². The molecule has 24 heavy (non-hydrogen) atoms. The van der Waals surface area contributed by atoms with E-state index in [0.717, 1.165) is 6.54 Å². The van der Waals surface area contributed by atoms with E-state index in [1.807, 2.05) is 0 Å². The number of hydrogen-bond donors (Lipinski definition) is 0. The number of unbranched alkanes of at least 4 members (excludes halogenated alkanes) is 6. The highest BCUT2D eigenvalue weighted by molar-refractivity contribution is 5.15. The summed E-state index contributed by atoms with van der Waals surface area (Å²) >= 11 is 0. The van der Waals surface area contributed by atoms with Gasteiger partial charge in [0.05, 0.1) is 6.04 Å². The maximum Gasteiger partial charge on any atom is 0.256 e. The molecular formula is C22H35N2+. The highest BCUT2D eigenvalue weighted by atomic mass is 15.2. The van der Waals surface area contributed by atoms with E-state index in [4.69, 9.17) is 0 Å². The van der Waals surface area contributed by atoms with Gasteiger partial charge in [0.2, 0.25) is 0 Å². The molecule has 0 N–H and O–H groups in total. The SMILES string of the molecule is CCCCCCCCCc1n(Cc2ccccc2)cc[n+]1C(C)C. The van der Waals surface area contributed by atoms with Gasteiger partial charge in [0.1, 0.15) is 18.9 Å². The second-order valence-electron chi connectivity index (χ2n) is 7.20. The molecular weight excluding hydrogens is 292 g/mol. The average molecular weight is 328 g/mol. The number of hydrogen-bond acceptors (Lipinski definition) is 0. The molecule has 2 nitrogen and oxygen atoms in total. The fourth-order valence-corrected chi connectivity index (χ4v) is 3.38. The van der Waals surface area contributed by atoms with Crippen molar-refractivity contribution in [3.63, 3.8) is 0 Å². The fraction of sp³-hybridized carbons (Fsp3) is 0.591. The maximum absolute atomic E-state index is 2.44. The summed E-state index contributed by atoms with van der Waals surface area (Å²) in [6.07, 6.45) is 15.3. The summed E-state index contributed by atoms with van der Waals surface area (Å²) in [4.78, 5) is 0. The molecule has 0 amide bonds. The summed E-state index contributed by atoms with van der Waals surface area (Å²) in [7, 11) is 0. The largest absolute Gasteiger partial charge is 0.256 e. The fourth-order valence-electron chi connectivity index (χ4n) is 3.38. The molecule has 1 heterocycles. The first-order valence-electron chi connectivity index (χ1n) is 9.85. The van der Waals surface area contributed by atoms with Gasteiger partial charge in [-0.05, 0) is 25.8 Å². The Morgan fingerprint density at radius 3 is 2.25 bits per heavy atom. The van der Waals surface area contributed by atoms with Crippen LogP contribution in [0, 0.1) is 0 Å². The van der Waals surface area contributed by atoms with E-state index < -0.39 is 0 Å². The lowest BCUT2D eigenvalue weighted by molar-refractivity contribution is -0.722. The van der Waals surface area contributed by atoms with Crippen molar-refractivity contribution in [1.29, 1.82) is 0 Å². The first-order valence-corrected chi connectivity index (χ1v) is 9.85. The quantitative estimate of drug-likeness (QED) is 0.370. The van der Waals surface area contributed by atoms with Gasteiger partial charge in [-0.3, -0.25) is 0 Å². The van der Waals surface area contributed by atoms with E-state index in [-0.39, 0.29) is 0 Å². The molecule has 0 unspecified atom stereocenters. The molecule has 0 saturated heterocycles. The zero-order chi connectivity index (χ0) is 17.2. The zero-order valence-electron chi connectivity index (χ0n) is 15.9. The Morgan fingerprint density at radius 1 is 0.917 bits per heavy atom. The Balaban J connectivity index is 1.92. The molecule has 0 aliphatic rings. The molecule has 0 fully saturated rings. The van der Waals surface area contributed by atoms with Crippen LogP contribution in [0.4, 0.5) is 0 Å². The lowest BCUT2D eigenvalue weighted by Gasteiger charge is -2.08. The third-order valence-electron chi connectivity index (χ3n) is 4.79. The van der Waals surface area contributed by atoms with Crippen LogP contribution in [0.15, 0.2) is 42.7 Å². The van der Waals surface area contributed by atoms with Crippen molar-refractivity contribution in [1.82, 2.24) is 4.57 Å². The van der Waals surface area contributed by atoms with E-state index in [1.54, 1.807) is 0 Å². The Labute approximate surface area is 148 Å². The molecule has 0 saturated carbocycles. The van der Waals surface area contributed by atoms with Crippen LogP contribution >= 0.6 is 0 Å². The molecule has 0 spiro atoms. The van der Waals surface area contributed by atoms with E-state index in [1.165, 1.54) is 62.8 Å². The van der Waals surface area contributed by atoms with Crippen LogP contribution in [0.1, 0.15) is 83.1 Å². The molecule has 0 bridgehead atoms. The van der Waals surface area contributed by atoms with Gasteiger partial charge in [0.15, 0.2) is 0 Å². The zero-order valence-corrected chi connectivity index (χ0v) is 15.9. The second kappa shape index (κ2) is 10.3. The summed E-state index contributed by atoms with van der Waals surface area (Å²) in [5.41, 5.74) is 1.38. The summed E-state index contributed by atoms with van der Waals surface area (Å²) < 4.78 is 4.88. The van der Waals surface area contributed by atoms with Crippen LogP contribution < -0.4 is 4.57 Å². The van der Waals surface area contributed by atoms with E-state index >= 15 is 0 Å². The van der Waals surface area contributed by atoms with E-state index in [2.05, 4.69) is 72.6 Å². The minimum Gasteiger partial charge on any atom is -0.232 e. The number of imidazole rings is 1. The molecule has 2 aromatic rings.